The molecule has 0 fully saturated rings. The van der Waals surface area contributed by atoms with Crippen LogP contribution in [0.25, 0.3) is 0 Å². The molecule has 0 heterocycles. The van der Waals surface area contributed by atoms with Crippen LogP contribution < -0.4 is 0 Å². The lowest BCUT2D eigenvalue weighted by Gasteiger charge is -2.18. The van der Waals surface area contributed by atoms with E-state index in [1.165, 1.54) is 161 Å². The third kappa shape index (κ3) is 48.5. The third-order valence-corrected chi connectivity index (χ3v) is 11.4. The Labute approximate surface area is 373 Å². The molecule has 5 heteroatoms. The van der Waals surface area contributed by atoms with Gasteiger partial charge in [-0.3, -0.25) is 9.59 Å². The lowest BCUT2D eigenvalue weighted by atomic mass is 10.0. The van der Waals surface area contributed by atoms with E-state index in [4.69, 9.17) is 14.2 Å². The molecular formula is C55H100O5. The van der Waals surface area contributed by atoms with Crippen LogP contribution in [0.2, 0.25) is 0 Å². The topological polar surface area (TPSA) is 61.8 Å². The van der Waals surface area contributed by atoms with Crippen molar-refractivity contribution in [1.29, 1.82) is 0 Å². The molecular weight excluding hydrogens is 741 g/mol. The molecule has 0 bridgehead atoms. The van der Waals surface area contributed by atoms with Crippen LogP contribution in [0.3, 0.4) is 0 Å². The summed E-state index contributed by atoms with van der Waals surface area (Å²) in [6.45, 7) is 7.73. The third-order valence-electron chi connectivity index (χ3n) is 11.4. The smallest absolute Gasteiger partial charge is 0.306 e. The summed E-state index contributed by atoms with van der Waals surface area (Å²) >= 11 is 0. The number of carbonyl (C=O) groups excluding carboxylic acids is 2. The van der Waals surface area contributed by atoms with Crippen molar-refractivity contribution < 1.29 is 23.8 Å². The number of carbonyl (C=O) groups is 2. The van der Waals surface area contributed by atoms with E-state index in [0.717, 1.165) is 70.6 Å². The first-order chi connectivity index (χ1) is 29.6. The maximum atomic E-state index is 12.8. The minimum absolute atomic E-state index is 0.0821. The van der Waals surface area contributed by atoms with Gasteiger partial charge >= 0.3 is 11.9 Å². The van der Waals surface area contributed by atoms with Gasteiger partial charge in [-0.1, -0.05) is 243 Å². The number of unbranched alkanes of at least 4 members (excludes halogenated alkanes) is 29. The quantitative estimate of drug-likeness (QED) is 0.0347. The van der Waals surface area contributed by atoms with Gasteiger partial charge in [-0.2, -0.15) is 0 Å². The number of allylic oxidation sites excluding steroid dienone is 8. The Morgan fingerprint density at radius 3 is 1.20 bits per heavy atom. The van der Waals surface area contributed by atoms with Gasteiger partial charge in [-0.05, 0) is 57.8 Å². The number of hydrogen-bond donors (Lipinski definition) is 0. The molecule has 5 nitrogen and oxygen atoms in total. The van der Waals surface area contributed by atoms with Crippen molar-refractivity contribution in [2.24, 2.45) is 0 Å². The zero-order valence-corrected chi connectivity index (χ0v) is 40.2. The Morgan fingerprint density at radius 1 is 0.383 bits per heavy atom. The second-order valence-corrected chi connectivity index (χ2v) is 17.4. The molecule has 1 unspecified atom stereocenters. The Kier molecular flexibility index (Phi) is 49.4. The van der Waals surface area contributed by atoms with E-state index >= 15 is 0 Å². The maximum Gasteiger partial charge on any atom is 0.306 e. The van der Waals surface area contributed by atoms with Gasteiger partial charge in [0.1, 0.15) is 6.61 Å². The fourth-order valence-electron chi connectivity index (χ4n) is 7.50. The summed E-state index contributed by atoms with van der Waals surface area (Å²) in [6.07, 6.45) is 62.6. The molecule has 60 heavy (non-hydrogen) atoms. The minimum atomic E-state index is -0.536. The van der Waals surface area contributed by atoms with E-state index in [1.807, 2.05) is 0 Å². The van der Waals surface area contributed by atoms with Crippen LogP contribution in [0.5, 0.6) is 0 Å². The minimum Gasteiger partial charge on any atom is -0.462 e. The van der Waals surface area contributed by atoms with Gasteiger partial charge in [-0.15, -0.1) is 0 Å². The van der Waals surface area contributed by atoms with Gasteiger partial charge in [0.2, 0.25) is 0 Å². The fraction of sp³-hybridized carbons (Fsp3) is 0.818. The summed E-state index contributed by atoms with van der Waals surface area (Å²) < 4.78 is 17.4. The zero-order chi connectivity index (χ0) is 43.5. The molecule has 0 spiro atoms. The van der Waals surface area contributed by atoms with Crippen LogP contribution in [-0.4, -0.2) is 37.9 Å². The van der Waals surface area contributed by atoms with Gasteiger partial charge in [0.25, 0.3) is 0 Å². The first-order valence-electron chi connectivity index (χ1n) is 26.2. The molecule has 0 radical (unpaired) electrons. The first-order valence-corrected chi connectivity index (χ1v) is 26.2. The monoisotopic (exact) mass is 841 g/mol. The van der Waals surface area contributed by atoms with Crippen molar-refractivity contribution in [3.05, 3.63) is 48.6 Å². The molecule has 0 aliphatic carbocycles. The van der Waals surface area contributed by atoms with Crippen molar-refractivity contribution in [1.82, 2.24) is 0 Å². The predicted octanol–water partition coefficient (Wildman–Crippen LogP) is 17.6. The predicted molar refractivity (Wildman–Crippen MR) is 261 cm³/mol. The van der Waals surface area contributed by atoms with E-state index < -0.39 is 6.10 Å². The fourth-order valence-corrected chi connectivity index (χ4v) is 7.50. The van der Waals surface area contributed by atoms with Crippen molar-refractivity contribution in [3.63, 3.8) is 0 Å². The van der Waals surface area contributed by atoms with Gasteiger partial charge in [-0.25, -0.2) is 0 Å². The van der Waals surface area contributed by atoms with E-state index in [9.17, 15) is 9.59 Å². The lowest BCUT2D eigenvalue weighted by molar-refractivity contribution is -0.163. The van der Waals surface area contributed by atoms with Crippen molar-refractivity contribution in [2.75, 3.05) is 19.8 Å². The molecule has 0 amide bonds. The summed E-state index contributed by atoms with van der Waals surface area (Å²) in [5.41, 5.74) is 0. The maximum absolute atomic E-state index is 12.8. The van der Waals surface area contributed by atoms with Gasteiger partial charge in [0.15, 0.2) is 6.10 Å². The number of esters is 2. The lowest BCUT2D eigenvalue weighted by Crippen LogP contribution is -2.30. The van der Waals surface area contributed by atoms with E-state index in [1.54, 1.807) is 0 Å². The van der Waals surface area contributed by atoms with Crippen molar-refractivity contribution in [2.45, 2.75) is 271 Å². The van der Waals surface area contributed by atoms with Crippen LogP contribution in [0.15, 0.2) is 48.6 Å². The number of rotatable bonds is 48. The largest absolute Gasteiger partial charge is 0.462 e. The molecule has 0 aromatic rings. The molecule has 0 aromatic heterocycles. The van der Waals surface area contributed by atoms with Crippen LogP contribution in [0.4, 0.5) is 0 Å². The highest BCUT2D eigenvalue weighted by molar-refractivity contribution is 5.70. The molecule has 0 saturated carbocycles. The molecule has 0 aromatic carbocycles. The first kappa shape index (κ1) is 57.9. The normalized spacial score (nSPS) is 12.5. The van der Waals surface area contributed by atoms with Gasteiger partial charge in [0.05, 0.1) is 6.61 Å². The van der Waals surface area contributed by atoms with E-state index in [2.05, 4.69) is 69.4 Å². The molecule has 0 N–H and O–H groups in total. The highest BCUT2D eigenvalue weighted by Crippen LogP contribution is 2.15. The molecule has 0 rings (SSSR count). The Balaban J connectivity index is 4.21. The molecule has 0 aliphatic rings. The summed E-state index contributed by atoms with van der Waals surface area (Å²) in [7, 11) is 0. The SMILES string of the molecule is CC/C=C\C/C=C\C/C=C\C/C=C\CCCCCCCCC(=O)OCC(COCCCCCCCCCCCC)OC(=O)CCCCCCCCCCCCCCCCC. The van der Waals surface area contributed by atoms with Crippen molar-refractivity contribution in [3.8, 4) is 0 Å². The summed E-state index contributed by atoms with van der Waals surface area (Å²) in [5, 5.41) is 0. The second kappa shape index (κ2) is 51.2. The van der Waals surface area contributed by atoms with Crippen LogP contribution in [0.1, 0.15) is 265 Å². The highest BCUT2D eigenvalue weighted by Gasteiger charge is 2.17. The van der Waals surface area contributed by atoms with Crippen LogP contribution in [-0.2, 0) is 23.8 Å². The van der Waals surface area contributed by atoms with E-state index in [0.29, 0.717) is 19.4 Å². The number of hydrogen-bond acceptors (Lipinski definition) is 5. The number of ether oxygens (including phenoxy) is 3. The second-order valence-electron chi connectivity index (χ2n) is 17.4. The summed E-state index contributed by atoms with van der Waals surface area (Å²) in [6, 6.07) is 0. The Morgan fingerprint density at radius 2 is 0.750 bits per heavy atom. The van der Waals surface area contributed by atoms with Gasteiger partial charge < -0.3 is 14.2 Å². The van der Waals surface area contributed by atoms with Crippen molar-refractivity contribution >= 4 is 11.9 Å². The molecule has 0 aliphatic heterocycles. The zero-order valence-electron chi connectivity index (χ0n) is 40.2. The average molecular weight is 841 g/mol. The highest BCUT2D eigenvalue weighted by atomic mass is 16.6. The summed E-state index contributed by atoms with van der Waals surface area (Å²) in [4.78, 5) is 25.4. The van der Waals surface area contributed by atoms with Crippen LogP contribution >= 0.6 is 0 Å². The Hall–Kier alpha value is -2.14. The van der Waals surface area contributed by atoms with Gasteiger partial charge in [0, 0.05) is 19.4 Å². The van der Waals surface area contributed by atoms with Crippen LogP contribution in [0, 0.1) is 0 Å². The average Bonchev–Trinajstić information content (AvgIpc) is 3.25. The summed E-state index contributed by atoms with van der Waals surface area (Å²) in [5.74, 6) is -0.400. The molecule has 0 saturated heterocycles. The Bertz CT molecular complexity index is 997. The standard InChI is InChI=1S/C55H100O5/c1-4-7-10-13-16-19-22-24-26-27-28-29-31-32-34-36-39-42-45-48-54(56)59-52-53(51-58-50-47-44-41-38-21-18-15-12-9-6-3)60-55(57)49-46-43-40-37-35-33-30-25-23-20-17-14-11-8-5-2/h7,10,16,19,24,26,28-29,53H,4-6,8-9,11-15,17-18,20-23,25,27,30-52H2,1-3H3/b10-7-,19-16-,26-24-,29-28-. The molecule has 350 valence electrons. The molecule has 1 atom stereocenters. The van der Waals surface area contributed by atoms with E-state index in [-0.39, 0.29) is 25.2 Å².